The lowest BCUT2D eigenvalue weighted by atomic mass is 9.85. The molecule has 0 aliphatic carbocycles. The molecule has 0 spiro atoms. The SMILES string of the molecule is COC(=O)N[C@H](C(=O)N[C@@H](Cc1ccccc1)[C@@H](O)CN(Cc1ccc(-c2ccccn2)cc1)NC(=O)[C@@H](NC=O)C(C)(C)C)C(C)(C)C. The second kappa shape index (κ2) is 17.5. The van der Waals surface area contributed by atoms with Crippen LogP contribution in [0.3, 0.4) is 0 Å². The number of nitrogens with zero attached hydrogens (tertiary/aromatic N) is 2. The maximum atomic E-state index is 13.7. The minimum Gasteiger partial charge on any atom is -0.453 e. The summed E-state index contributed by atoms with van der Waals surface area (Å²) in [4.78, 5) is 55.2. The van der Waals surface area contributed by atoms with Crippen LogP contribution in [0.5, 0.6) is 0 Å². The van der Waals surface area contributed by atoms with Crippen molar-refractivity contribution in [3.05, 3.63) is 90.1 Å². The number of aliphatic hydroxyl groups excluding tert-OH is 1. The summed E-state index contributed by atoms with van der Waals surface area (Å²) < 4.78 is 4.76. The number of rotatable bonds is 15. The van der Waals surface area contributed by atoms with Crippen LogP contribution >= 0.6 is 0 Å². The number of carbonyl (C=O) groups is 4. The van der Waals surface area contributed by atoms with Crippen molar-refractivity contribution >= 4 is 24.3 Å². The van der Waals surface area contributed by atoms with Gasteiger partial charge in [0.2, 0.25) is 12.3 Å². The minimum atomic E-state index is -1.19. The molecule has 4 amide bonds. The highest BCUT2D eigenvalue weighted by atomic mass is 16.5. The zero-order chi connectivity index (χ0) is 36.2. The van der Waals surface area contributed by atoms with Gasteiger partial charge < -0.3 is 25.8 Å². The fourth-order valence-electron chi connectivity index (χ4n) is 5.31. The van der Waals surface area contributed by atoms with Crippen molar-refractivity contribution in [2.24, 2.45) is 10.8 Å². The van der Waals surface area contributed by atoms with Gasteiger partial charge in [-0.05, 0) is 40.5 Å². The van der Waals surface area contributed by atoms with Crippen molar-refractivity contribution in [3.63, 3.8) is 0 Å². The van der Waals surface area contributed by atoms with Gasteiger partial charge in [0, 0.05) is 24.8 Å². The number of hydrogen-bond donors (Lipinski definition) is 5. The van der Waals surface area contributed by atoms with E-state index in [1.165, 1.54) is 7.11 Å². The monoisotopic (exact) mass is 674 g/mol. The Bertz CT molecular complexity index is 1510. The molecule has 2 aromatic carbocycles. The molecule has 3 rings (SSSR count). The Morgan fingerprint density at radius 2 is 1.47 bits per heavy atom. The molecule has 0 bridgehead atoms. The van der Waals surface area contributed by atoms with E-state index in [0.29, 0.717) is 6.41 Å². The Morgan fingerprint density at radius 3 is 2.02 bits per heavy atom. The summed E-state index contributed by atoms with van der Waals surface area (Å²) in [6.45, 7) is 11.0. The third-order valence-electron chi connectivity index (χ3n) is 7.99. The van der Waals surface area contributed by atoms with E-state index in [0.717, 1.165) is 22.4 Å². The highest BCUT2D eigenvalue weighted by Crippen LogP contribution is 2.22. The largest absolute Gasteiger partial charge is 0.453 e. The fourth-order valence-corrected chi connectivity index (χ4v) is 5.31. The first-order chi connectivity index (χ1) is 23.1. The molecule has 4 atom stereocenters. The minimum absolute atomic E-state index is 0.0892. The molecule has 0 saturated carbocycles. The zero-order valence-corrected chi connectivity index (χ0v) is 29.4. The normalized spacial score (nSPS) is 14.1. The number of nitrogens with one attached hydrogen (secondary N) is 4. The topological polar surface area (TPSA) is 162 Å². The van der Waals surface area contributed by atoms with Gasteiger partial charge in [-0.3, -0.25) is 24.8 Å². The van der Waals surface area contributed by atoms with Crippen molar-refractivity contribution in [1.82, 2.24) is 31.4 Å². The summed E-state index contributed by atoms with van der Waals surface area (Å²) in [6, 6.07) is 20.1. The Kier molecular flexibility index (Phi) is 13.8. The van der Waals surface area contributed by atoms with Crippen LogP contribution in [0.4, 0.5) is 4.79 Å². The molecule has 0 radical (unpaired) electrons. The number of hydrazine groups is 1. The van der Waals surface area contributed by atoms with Crippen LogP contribution in [0, 0.1) is 10.8 Å². The van der Waals surface area contributed by atoms with Gasteiger partial charge in [0.25, 0.3) is 5.91 Å². The Morgan fingerprint density at radius 1 is 0.837 bits per heavy atom. The summed E-state index contributed by atoms with van der Waals surface area (Å²) in [7, 11) is 1.22. The summed E-state index contributed by atoms with van der Waals surface area (Å²) >= 11 is 0. The van der Waals surface area contributed by atoms with Gasteiger partial charge in [-0.2, -0.15) is 0 Å². The summed E-state index contributed by atoms with van der Waals surface area (Å²) in [5.41, 5.74) is 5.04. The molecule has 264 valence electrons. The quantitative estimate of drug-likeness (QED) is 0.121. The molecule has 5 N–H and O–H groups in total. The number of benzene rings is 2. The van der Waals surface area contributed by atoms with Crippen molar-refractivity contribution in [2.45, 2.75) is 78.7 Å². The van der Waals surface area contributed by atoms with E-state index >= 15 is 0 Å². The molecule has 12 nitrogen and oxygen atoms in total. The van der Waals surface area contributed by atoms with Gasteiger partial charge in [-0.15, -0.1) is 0 Å². The molecular formula is C37H50N6O6. The van der Waals surface area contributed by atoms with Gasteiger partial charge >= 0.3 is 6.09 Å². The van der Waals surface area contributed by atoms with E-state index in [9.17, 15) is 24.3 Å². The second-order valence-electron chi connectivity index (χ2n) is 14.2. The highest BCUT2D eigenvalue weighted by Gasteiger charge is 2.36. The first kappa shape index (κ1) is 38.6. The molecular weight excluding hydrogens is 624 g/mol. The van der Waals surface area contributed by atoms with Gasteiger partial charge in [0.05, 0.1) is 24.9 Å². The first-order valence-electron chi connectivity index (χ1n) is 16.2. The van der Waals surface area contributed by atoms with Gasteiger partial charge in [0.1, 0.15) is 12.1 Å². The van der Waals surface area contributed by atoms with Crippen LogP contribution in [-0.4, -0.2) is 77.3 Å². The molecule has 1 aromatic heterocycles. The van der Waals surface area contributed by atoms with Crippen molar-refractivity contribution in [2.75, 3.05) is 13.7 Å². The van der Waals surface area contributed by atoms with Gasteiger partial charge in [-0.25, -0.2) is 9.80 Å². The smallest absolute Gasteiger partial charge is 0.407 e. The maximum Gasteiger partial charge on any atom is 0.407 e. The molecule has 0 saturated heterocycles. The third-order valence-corrected chi connectivity index (χ3v) is 7.99. The van der Waals surface area contributed by atoms with Crippen LogP contribution < -0.4 is 21.4 Å². The van der Waals surface area contributed by atoms with E-state index in [1.54, 1.807) is 11.2 Å². The molecule has 12 heteroatoms. The average molecular weight is 675 g/mol. The predicted octanol–water partition coefficient (Wildman–Crippen LogP) is 3.60. The number of ether oxygens (including phenoxy) is 1. The number of aliphatic hydroxyl groups is 1. The fraction of sp³-hybridized carbons (Fsp3) is 0.432. The predicted molar refractivity (Wildman–Crippen MR) is 188 cm³/mol. The number of amides is 4. The van der Waals surface area contributed by atoms with Crippen molar-refractivity contribution in [3.8, 4) is 11.3 Å². The maximum absolute atomic E-state index is 13.7. The number of hydrogen-bond acceptors (Lipinski definition) is 8. The van der Waals surface area contributed by atoms with Crippen LogP contribution in [0.2, 0.25) is 0 Å². The van der Waals surface area contributed by atoms with E-state index in [-0.39, 0.29) is 19.5 Å². The molecule has 0 aliphatic heterocycles. The molecule has 0 unspecified atom stereocenters. The summed E-state index contributed by atoms with van der Waals surface area (Å²) in [5, 5.41) is 21.5. The van der Waals surface area contributed by atoms with Crippen LogP contribution in [-0.2, 0) is 32.1 Å². The van der Waals surface area contributed by atoms with Crippen molar-refractivity contribution in [1.29, 1.82) is 0 Å². The van der Waals surface area contributed by atoms with Gasteiger partial charge in [-0.1, -0.05) is 102 Å². The zero-order valence-electron chi connectivity index (χ0n) is 29.4. The standard InChI is InChI=1S/C37H50N6O6/c1-36(2,3)31(39-24-44)34(47)42-43(22-26-16-18-27(19-17-26)28-15-11-12-20-38-28)23-30(45)29(21-25-13-9-8-10-14-25)40-33(46)32(37(4,5)6)41-35(48)49-7/h8-20,24,29-32,45H,21-23H2,1-7H3,(H,39,44)(H,40,46)(H,41,48)(H,42,47)/t29-,30-,31+,32+/m0/s1. The summed E-state index contributed by atoms with van der Waals surface area (Å²) in [6.07, 6.45) is 0.532. The van der Waals surface area contributed by atoms with Crippen LogP contribution in [0.25, 0.3) is 11.3 Å². The molecule has 0 fully saturated rings. The highest BCUT2D eigenvalue weighted by molar-refractivity contribution is 5.86. The Balaban J connectivity index is 1.93. The van der Waals surface area contributed by atoms with E-state index in [4.69, 9.17) is 4.74 Å². The van der Waals surface area contributed by atoms with E-state index in [1.807, 2.05) is 114 Å². The second-order valence-corrected chi connectivity index (χ2v) is 14.2. The third kappa shape index (κ3) is 12.0. The van der Waals surface area contributed by atoms with Crippen LogP contribution in [0.1, 0.15) is 52.7 Å². The summed E-state index contributed by atoms with van der Waals surface area (Å²) in [5.74, 6) is -0.961. The number of alkyl carbamates (subject to hydrolysis) is 1. The number of methoxy groups -OCH3 is 1. The van der Waals surface area contributed by atoms with E-state index < -0.39 is 53.0 Å². The lowest BCUT2D eigenvalue weighted by molar-refractivity contribution is -0.134. The van der Waals surface area contributed by atoms with E-state index in [2.05, 4.69) is 26.4 Å². The number of carbonyl (C=O) groups excluding carboxylic acids is 4. The van der Waals surface area contributed by atoms with Crippen LogP contribution in [0.15, 0.2) is 79.0 Å². The van der Waals surface area contributed by atoms with Gasteiger partial charge in [0.15, 0.2) is 0 Å². The lowest BCUT2D eigenvalue weighted by Gasteiger charge is -2.35. The van der Waals surface area contributed by atoms with Crippen molar-refractivity contribution < 1.29 is 29.0 Å². The Labute approximate surface area is 289 Å². The Hall–Kier alpha value is -4.81. The molecule has 3 aromatic rings. The lowest BCUT2D eigenvalue weighted by Crippen LogP contribution is -2.60. The molecule has 0 aliphatic rings. The average Bonchev–Trinajstić information content (AvgIpc) is 3.05. The first-order valence-corrected chi connectivity index (χ1v) is 16.2. The number of aromatic nitrogens is 1. The number of pyridine rings is 1. The molecule has 1 heterocycles. The molecule has 49 heavy (non-hydrogen) atoms.